The molecular weight excluding hydrogens is 204 g/mol. The summed E-state index contributed by atoms with van der Waals surface area (Å²) in [5.41, 5.74) is 0.762. The third kappa shape index (κ3) is 4.20. The van der Waals surface area contributed by atoms with E-state index in [1.165, 1.54) is 6.07 Å². The zero-order valence-electron chi connectivity index (χ0n) is 9.11. The Labute approximate surface area is 95.2 Å². The van der Waals surface area contributed by atoms with Crippen molar-refractivity contribution in [3.8, 4) is 17.6 Å². The number of nitrogens with one attached hydrogen (secondary N) is 1. The van der Waals surface area contributed by atoms with Crippen molar-refractivity contribution in [1.29, 1.82) is 5.26 Å². The van der Waals surface area contributed by atoms with Gasteiger partial charge < -0.3 is 15.5 Å². The highest BCUT2D eigenvalue weighted by atomic mass is 16.3. The fourth-order valence-electron chi connectivity index (χ4n) is 1.38. The van der Waals surface area contributed by atoms with Gasteiger partial charge in [-0.15, -0.1) is 0 Å². The minimum Gasteiger partial charge on any atom is -0.508 e. The molecule has 0 fully saturated rings. The lowest BCUT2D eigenvalue weighted by atomic mass is 10.2. The van der Waals surface area contributed by atoms with Gasteiger partial charge in [-0.3, -0.25) is 0 Å². The van der Waals surface area contributed by atoms with E-state index in [9.17, 15) is 5.11 Å². The molecular formula is C12H16N2O2. The summed E-state index contributed by atoms with van der Waals surface area (Å²) in [5, 5.41) is 30.1. The highest BCUT2D eigenvalue weighted by Gasteiger charge is 2.01. The largest absolute Gasteiger partial charge is 0.508 e. The maximum atomic E-state index is 9.49. The van der Waals surface area contributed by atoms with E-state index < -0.39 is 0 Å². The number of hydrogen-bond acceptors (Lipinski definition) is 4. The molecule has 0 bridgehead atoms. The molecule has 0 aliphatic heterocycles. The molecule has 0 amide bonds. The second kappa shape index (κ2) is 6.70. The monoisotopic (exact) mass is 220 g/mol. The van der Waals surface area contributed by atoms with Crippen LogP contribution in [0.25, 0.3) is 0 Å². The van der Waals surface area contributed by atoms with E-state index in [2.05, 4.69) is 11.4 Å². The van der Waals surface area contributed by atoms with E-state index in [-0.39, 0.29) is 11.5 Å². The second-order valence-electron chi connectivity index (χ2n) is 3.61. The Bertz CT molecular complexity index is 372. The van der Waals surface area contributed by atoms with Crippen molar-refractivity contribution in [2.75, 3.05) is 6.54 Å². The Morgan fingerprint density at radius 1 is 1.25 bits per heavy atom. The van der Waals surface area contributed by atoms with Gasteiger partial charge in [0, 0.05) is 24.6 Å². The molecule has 1 rings (SSSR count). The average Bonchev–Trinajstić information content (AvgIpc) is 2.26. The minimum atomic E-state index is 0.0651. The Morgan fingerprint density at radius 2 is 2.06 bits per heavy atom. The van der Waals surface area contributed by atoms with Gasteiger partial charge in [-0.05, 0) is 25.5 Å². The first-order valence-corrected chi connectivity index (χ1v) is 5.32. The Balaban J connectivity index is 2.25. The Morgan fingerprint density at radius 3 is 2.75 bits per heavy atom. The van der Waals surface area contributed by atoms with Crippen molar-refractivity contribution in [1.82, 2.24) is 5.32 Å². The summed E-state index contributed by atoms with van der Waals surface area (Å²) in [6.07, 6.45) is 2.43. The van der Waals surface area contributed by atoms with Gasteiger partial charge in [0.1, 0.15) is 11.5 Å². The van der Waals surface area contributed by atoms with E-state index >= 15 is 0 Å². The molecule has 0 radical (unpaired) electrons. The molecule has 4 heteroatoms. The fraction of sp³-hybridized carbons (Fsp3) is 0.417. The maximum absolute atomic E-state index is 9.49. The number of hydrogen-bond donors (Lipinski definition) is 3. The summed E-state index contributed by atoms with van der Waals surface area (Å²) in [7, 11) is 0. The molecule has 86 valence electrons. The number of phenols is 2. The zero-order valence-corrected chi connectivity index (χ0v) is 9.11. The van der Waals surface area contributed by atoms with E-state index in [1.807, 2.05) is 0 Å². The van der Waals surface area contributed by atoms with Crippen LogP contribution < -0.4 is 5.32 Å². The van der Waals surface area contributed by atoms with Crippen LogP contribution in [-0.4, -0.2) is 16.8 Å². The van der Waals surface area contributed by atoms with Crippen molar-refractivity contribution >= 4 is 0 Å². The molecule has 0 aliphatic carbocycles. The summed E-state index contributed by atoms with van der Waals surface area (Å²) in [6, 6.07) is 6.66. The van der Waals surface area contributed by atoms with Crippen LogP contribution in [-0.2, 0) is 6.54 Å². The van der Waals surface area contributed by atoms with E-state index in [1.54, 1.807) is 12.1 Å². The van der Waals surface area contributed by atoms with Crippen LogP contribution in [0, 0.1) is 11.3 Å². The summed E-state index contributed by atoms with van der Waals surface area (Å²) in [6.45, 7) is 1.39. The van der Waals surface area contributed by atoms with Crippen molar-refractivity contribution in [2.45, 2.75) is 25.8 Å². The normalized spacial score (nSPS) is 9.94. The number of benzene rings is 1. The van der Waals surface area contributed by atoms with Crippen molar-refractivity contribution in [2.24, 2.45) is 0 Å². The SMILES string of the molecule is N#CCCCCNCc1ccc(O)cc1O. The topological polar surface area (TPSA) is 76.3 Å². The maximum Gasteiger partial charge on any atom is 0.123 e. The summed E-state index contributed by atoms with van der Waals surface area (Å²) >= 11 is 0. The number of unbranched alkanes of at least 4 members (excludes halogenated alkanes) is 2. The van der Waals surface area contributed by atoms with E-state index in [4.69, 9.17) is 10.4 Å². The predicted molar refractivity (Wildman–Crippen MR) is 60.9 cm³/mol. The Kier molecular flexibility index (Phi) is 5.17. The third-order valence-corrected chi connectivity index (χ3v) is 2.28. The number of phenolic OH excluding ortho intramolecular Hbond substituents is 2. The van der Waals surface area contributed by atoms with Gasteiger partial charge in [0.2, 0.25) is 0 Å². The summed E-state index contributed by atoms with van der Waals surface area (Å²) < 4.78 is 0. The molecule has 4 nitrogen and oxygen atoms in total. The van der Waals surface area contributed by atoms with Crippen LogP contribution in [0.4, 0.5) is 0 Å². The van der Waals surface area contributed by atoms with Gasteiger partial charge in [-0.25, -0.2) is 0 Å². The fourth-order valence-corrected chi connectivity index (χ4v) is 1.38. The Hall–Kier alpha value is -1.73. The highest BCUT2D eigenvalue weighted by molar-refractivity contribution is 5.38. The van der Waals surface area contributed by atoms with E-state index in [0.717, 1.165) is 24.9 Å². The molecule has 0 aromatic heterocycles. The minimum absolute atomic E-state index is 0.0651. The molecule has 0 saturated carbocycles. The average molecular weight is 220 g/mol. The number of rotatable bonds is 6. The van der Waals surface area contributed by atoms with Gasteiger partial charge in [0.05, 0.1) is 6.07 Å². The summed E-state index contributed by atoms with van der Waals surface area (Å²) in [5.74, 6) is 0.166. The first-order chi connectivity index (χ1) is 7.74. The van der Waals surface area contributed by atoms with Crippen LogP contribution >= 0.6 is 0 Å². The van der Waals surface area contributed by atoms with Crippen LogP contribution in [0.2, 0.25) is 0 Å². The van der Waals surface area contributed by atoms with Crippen molar-refractivity contribution in [3.05, 3.63) is 23.8 Å². The van der Waals surface area contributed by atoms with Crippen LogP contribution in [0.3, 0.4) is 0 Å². The highest BCUT2D eigenvalue weighted by Crippen LogP contribution is 2.22. The lowest BCUT2D eigenvalue weighted by Crippen LogP contribution is -2.14. The molecule has 0 unspecified atom stereocenters. The first kappa shape index (κ1) is 12.3. The molecule has 1 aromatic rings. The lowest BCUT2D eigenvalue weighted by Gasteiger charge is -2.06. The zero-order chi connectivity index (χ0) is 11.8. The van der Waals surface area contributed by atoms with Gasteiger partial charge in [-0.2, -0.15) is 5.26 Å². The van der Waals surface area contributed by atoms with Gasteiger partial charge in [0.15, 0.2) is 0 Å². The van der Waals surface area contributed by atoms with Gasteiger partial charge in [0.25, 0.3) is 0 Å². The third-order valence-electron chi connectivity index (χ3n) is 2.28. The summed E-state index contributed by atoms with van der Waals surface area (Å²) in [4.78, 5) is 0. The van der Waals surface area contributed by atoms with Crippen molar-refractivity contribution in [3.63, 3.8) is 0 Å². The van der Waals surface area contributed by atoms with Gasteiger partial charge in [-0.1, -0.05) is 6.07 Å². The molecule has 0 aliphatic rings. The molecule has 1 aromatic carbocycles. The molecule has 0 spiro atoms. The van der Waals surface area contributed by atoms with Crippen molar-refractivity contribution < 1.29 is 10.2 Å². The predicted octanol–water partition coefficient (Wildman–Crippen LogP) is 1.88. The molecule has 3 N–H and O–H groups in total. The lowest BCUT2D eigenvalue weighted by molar-refractivity contribution is 0.443. The number of aromatic hydroxyl groups is 2. The molecule has 16 heavy (non-hydrogen) atoms. The second-order valence-corrected chi connectivity index (χ2v) is 3.61. The number of nitrogens with zero attached hydrogens (tertiary/aromatic N) is 1. The number of nitriles is 1. The smallest absolute Gasteiger partial charge is 0.123 e. The standard InChI is InChI=1S/C12H16N2O2/c13-6-2-1-3-7-14-9-10-4-5-11(15)8-12(10)16/h4-5,8,14-16H,1-3,7,9H2. The quantitative estimate of drug-likeness (QED) is 0.640. The molecule has 0 atom stereocenters. The van der Waals surface area contributed by atoms with Gasteiger partial charge >= 0.3 is 0 Å². The van der Waals surface area contributed by atoms with Crippen LogP contribution in [0.1, 0.15) is 24.8 Å². The van der Waals surface area contributed by atoms with Crippen LogP contribution in [0.5, 0.6) is 11.5 Å². The van der Waals surface area contributed by atoms with Crippen LogP contribution in [0.15, 0.2) is 18.2 Å². The van der Waals surface area contributed by atoms with E-state index in [0.29, 0.717) is 13.0 Å². The molecule has 0 heterocycles. The first-order valence-electron chi connectivity index (χ1n) is 5.32. The molecule has 0 saturated heterocycles.